The molecule has 3 rings (SSSR count). The Hall–Kier alpha value is -1.56. The number of aromatic nitrogens is 2. The topological polar surface area (TPSA) is 69.6 Å². The molecule has 1 aromatic heterocycles. The van der Waals surface area contributed by atoms with Crippen LogP contribution in [0.5, 0.6) is 0 Å². The molecular weight excluding hydrogens is 304 g/mol. The summed E-state index contributed by atoms with van der Waals surface area (Å²) >= 11 is 5.79. The van der Waals surface area contributed by atoms with Crippen LogP contribution in [-0.4, -0.2) is 50.5 Å². The zero-order valence-corrected chi connectivity index (χ0v) is 13.8. The minimum Gasteiger partial charge on any atom is -0.465 e. The molecule has 120 valence electrons. The fourth-order valence-corrected chi connectivity index (χ4v) is 4.41. The van der Waals surface area contributed by atoms with Crippen LogP contribution in [0.3, 0.4) is 0 Å². The summed E-state index contributed by atoms with van der Waals surface area (Å²) in [5.74, 6) is 0.768. The van der Waals surface area contributed by atoms with Crippen molar-refractivity contribution in [2.45, 2.75) is 56.7 Å². The molecule has 0 aromatic carbocycles. The number of piperidine rings is 1. The number of fused-ring (bicyclic) bond motifs is 2. The average molecular weight is 325 g/mol. The summed E-state index contributed by atoms with van der Waals surface area (Å²) in [7, 11) is 1.99. The van der Waals surface area contributed by atoms with Crippen molar-refractivity contribution >= 4 is 23.5 Å². The molecule has 22 heavy (non-hydrogen) atoms. The number of hydrogen-bond acceptors (Lipinski definition) is 4. The zero-order chi connectivity index (χ0) is 16.1. The first-order valence-corrected chi connectivity index (χ1v) is 7.88. The van der Waals surface area contributed by atoms with Crippen LogP contribution < -0.4 is 4.90 Å². The number of nitrogens with zero attached hydrogens (tertiary/aromatic N) is 4. The zero-order valence-electron chi connectivity index (χ0n) is 13.1. The quantitative estimate of drug-likeness (QED) is 0.905. The van der Waals surface area contributed by atoms with Gasteiger partial charge in [0, 0.05) is 24.2 Å². The smallest absolute Gasteiger partial charge is 0.408 e. The van der Waals surface area contributed by atoms with Gasteiger partial charge in [0.1, 0.15) is 0 Å². The number of amides is 1. The molecule has 0 saturated carbocycles. The molecule has 3 atom stereocenters. The third kappa shape index (κ3) is 2.29. The van der Waals surface area contributed by atoms with Crippen LogP contribution in [0.15, 0.2) is 12.1 Å². The number of halogens is 1. The maximum absolute atomic E-state index is 11.7. The third-order valence-corrected chi connectivity index (χ3v) is 5.55. The van der Waals surface area contributed by atoms with Crippen LogP contribution >= 0.6 is 11.6 Å². The van der Waals surface area contributed by atoms with Gasteiger partial charge in [0.2, 0.25) is 0 Å². The van der Waals surface area contributed by atoms with Gasteiger partial charge >= 0.3 is 6.09 Å². The SMILES string of the molecule is CN(c1ccc(Cl)nn1)C1CC2(C)CC[C@@](C)(C1)N2C(=O)O. The summed E-state index contributed by atoms with van der Waals surface area (Å²) in [5, 5.41) is 18.0. The first-order chi connectivity index (χ1) is 10.3. The molecule has 1 aromatic rings. The van der Waals surface area contributed by atoms with E-state index in [9.17, 15) is 9.90 Å². The Morgan fingerprint density at radius 2 is 1.91 bits per heavy atom. The molecule has 0 aliphatic carbocycles. The van der Waals surface area contributed by atoms with E-state index in [1.807, 2.05) is 13.1 Å². The van der Waals surface area contributed by atoms with Gasteiger partial charge in [-0.05, 0) is 51.7 Å². The summed E-state index contributed by atoms with van der Waals surface area (Å²) in [5.41, 5.74) is -0.616. The summed E-state index contributed by atoms with van der Waals surface area (Å²) in [6.45, 7) is 4.11. The molecule has 1 amide bonds. The second kappa shape index (κ2) is 4.98. The van der Waals surface area contributed by atoms with Gasteiger partial charge in [-0.1, -0.05) is 11.6 Å². The van der Waals surface area contributed by atoms with Crippen LogP contribution in [-0.2, 0) is 0 Å². The van der Waals surface area contributed by atoms with Gasteiger partial charge in [-0.2, -0.15) is 0 Å². The molecule has 2 unspecified atom stereocenters. The number of carboxylic acid groups (broad SMARTS) is 1. The monoisotopic (exact) mass is 324 g/mol. The van der Waals surface area contributed by atoms with E-state index in [-0.39, 0.29) is 17.1 Å². The minimum atomic E-state index is -0.810. The largest absolute Gasteiger partial charge is 0.465 e. The van der Waals surface area contributed by atoms with Gasteiger partial charge in [0.05, 0.1) is 0 Å². The van der Waals surface area contributed by atoms with Crippen molar-refractivity contribution in [2.75, 3.05) is 11.9 Å². The first kappa shape index (κ1) is 15.3. The van der Waals surface area contributed by atoms with Crippen molar-refractivity contribution in [3.8, 4) is 0 Å². The predicted octanol–water partition coefficient (Wildman–Crippen LogP) is 3.02. The van der Waals surface area contributed by atoms with Crippen molar-refractivity contribution in [1.29, 1.82) is 0 Å². The Bertz CT molecular complexity index is 576. The second-order valence-electron chi connectivity index (χ2n) is 7.00. The highest BCUT2D eigenvalue weighted by Crippen LogP contribution is 2.51. The lowest BCUT2D eigenvalue weighted by molar-refractivity contribution is 0.0131. The normalized spacial score (nSPS) is 33.8. The molecule has 0 spiro atoms. The average Bonchev–Trinajstić information content (AvgIpc) is 2.61. The van der Waals surface area contributed by atoms with Crippen molar-refractivity contribution in [2.24, 2.45) is 0 Å². The van der Waals surface area contributed by atoms with Crippen LogP contribution in [0, 0.1) is 0 Å². The van der Waals surface area contributed by atoms with Gasteiger partial charge in [-0.3, -0.25) is 4.90 Å². The lowest BCUT2D eigenvalue weighted by atomic mass is 9.82. The van der Waals surface area contributed by atoms with E-state index in [0.717, 1.165) is 31.5 Å². The molecule has 2 aliphatic heterocycles. The lowest BCUT2D eigenvalue weighted by Gasteiger charge is -2.51. The molecule has 2 aliphatic rings. The maximum atomic E-state index is 11.7. The molecule has 3 heterocycles. The summed E-state index contributed by atoms with van der Waals surface area (Å²) < 4.78 is 0. The van der Waals surface area contributed by atoms with Gasteiger partial charge in [0.15, 0.2) is 11.0 Å². The summed E-state index contributed by atoms with van der Waals surface area (Å²) in [4.78, 5) is 15.5. The van der Waals surface area contributed by atoms with Crippen LogP contribution in [0.4, 0.5) is 10.6 Å². The fraction of sp³-hybridized carbons (Fsp3) is 0.667. The second-order valence-corrected chi connectivity index (χ2v) is 7.39. The summed E-state index contributed by atoms with van der Waals surface area (Å²) in [6, 6.07) is 3.82. The van der Waals surface area contributed by atoms with Crippen molar-refractivity contribution < 1.29 is 9.90 Å². The van der Waals surface area contributed by atoms with Gasteiger partial charge in [-0.15, -0.1) is 10.2 Å². The molecule has 2 fully saturated rings. The van der Waals surface area contributed by atoms with E-state index in [2.05, 4.69) is 28.9 Å². The Morgan fingerprint density at radius 1 is 1.32 bits per heavy atom. The predicted molar refractivity (Wildman–Crippen MR) is 84.4 cm³/mol. The van der Waals surface area contributed by atoms with Crippen molar-refractivity contribution in [3.63, 3.8) is 0 Å². The number of carbonyl (C=O) groups is 1. The van der Waals surface area contributed by atoms with Gasteiger partial charge in [-0.25, -0.2) is 4.79 Å². The Kier molecular flexibility index (Phi) is 3.47. The lowest BCUT2D eigenvalue weighted by Crippen LogP contribution is -2.62. The first-order valence-electron chi connectivity index (χ1n) is 7.51. The van der Waals surface area contributed by atoms with E-state index in [0.29, 0.717) is 5.15 Å². The van der Waals surface area contributed by atoms with E-state index in [4.69, 9.17) is 11.6 Å². The van der Waals surface area contributed by atoms with E-state index in [1.54, 1.807) is 11.0 Å². The van der Waals surface area contributed by atoms with Crippen LogP contribution in [0.25, 0.3) is 0 Å². The molecule has 2 bridgehead atoms. The number of hydrogen-bond donors (Lipinski definition) is 1. The Labute approximate surface area is 135 Å². The molecule has 7 heteroatoms. The minimum absolute atomic E-state index is 0.239. The van der Waals surface area contributed by atoms with E-state index < -0.39 is 6.09 Å². The van der Waals surface area contributed by atoms with Gasteiger partial charge < -0.3 is 10.0 Å². The summed E-state index contributed by atoms with van der Waals surface area (Å²) in [6.07, 6.45) is 2.61. The Balaban J connectivity index is 1.87. The van der Waals surface area contributed by atoms with E-state index >= 15 is 0 Å². The highest BCUT2D eigenvalue weighted by atomic mass is 35.5. The molecule has 0 radical (unpaired) electrons. The van der Waals surface area contributed by atoms with Crippen molar-refractivity contribution in [1.82, 2.24) is 15.1 Å². The third-order valence-electron chi connectivity index (χ3n) is 5.35. The van der Waals surface area contributed by atoms with E-state index in [1.165, 1.54) is 0 Å². The highest BCUT2D eigenvalue weighted by molar-refractivity contribution is 6.29. The highest BCUT2D eigenvalue weighted by Gasteiger charge is 2.58. The fourth-order valence-electron chi connectivity index (χ4n) is 4.31. The van der Waals surface area contributed by atoms with Gasteiger partial charge in [0.25, 0.3) is 0 Å². The number of anilines is 1. The van der Waals surface area contributed by atoms with Crippen LogP contribution in [0.2, 0.25) is 5.15 Å². The molecule has 6 nitrogen and oxygen atoms in total. The molecule has 2 saturated heterocycles. The van der Waals surface area contributed by atoms with Crippen LogP contribution in [0.1, 0.15) is 39.5 Å². The Morgan fingerprint density at radius 3 is 2.36 bits per heavy atom. The number of rotatable bonds is 2. The molecular formula is C15H21ClN4O2. The standard InChI is InChI=1S/C15H21ClN4O2/c1-14-6-7-15(2,20(14)13(21)22)9-10(8-14)19(3)12-5-4-11(16)17-18-12/h4-5,10H,6-9H2,1-3H3,(H,21,22)/t10?,14-,15?/m0/s1. The van der Waals surface area contributed by atoms with Crippen molar-refractivity contribution in [3.05, 3.63) is 17.3 Å². The molecule has 1 N–H and O–H groups in total. The maximum Gasteiger partial charge on any atom is 0.408 e.